The summed E-state index contributed by atoms with van der Waals surface area (Å²) in [6.07, 6.45) is 1.81. The summed E-state index contributed by atoms with van der Waals surface area (Å²) in [5.41, 5.74) is 5.32. The lowest BCUT2D eigenvalue weighted by atomic mass is 10.1. The van der Waals surface area contributed by atoms with Crippen LogP contribution in [-0.2, 0) is 4.79 Å². The molecule has 144 valence electrons. The standard InChI is InChI=1S/C25H22N2O2/c1-17-4-10-20(11-5-17)24-26-23(16-19-8-14-22(29-3)15-9-19)25(28)27(24)21-12-6-18(2)7-13-21/h4-16H,1-3H3/b23-16+. The second kappa shape index (κ2) is 7.76. The summed E-state index contributed by atoms with van der Waals surface area (Å²) in [6, 6.07) is 23.5. The molecule has 4 nitrogen and oxygen atoms in total. The number of carbonyl (C=O) groups is 1. The molecule has 0 bridgehead atoms. The molecule has 4 rings (SSSR count). The van der Waals surface area contributed by atoms with Gasteiger partial charge in [0.15, 0.2) is 0 Å². The average molecular weight is 382 g/mol. The van der Waals surface area contributed by atoms with E-state index in [-0.39, 0.29) is 5.91 Å². The Hall–Kier alpha value is -3.66. The van der Waals surface area contributed by atoms with Gasteiger partial charge in [-0.2, -0.15) is 0 Å². The Balaban J connectivity index is 1.78. The molecule has 29 heavy (non-hydrogen) atoms. The fourth-order valence-corrected chi connectivity index (χ4v) is 3.20. The van der Waals surface area contributed by atoms with Crippen LogP contribution in [0.5, 0.6) is 5.75 Å². The van der Waals surface area contributed by atoms with Gasteiger partial charge in [-0.15, -0.1) is 0 Å². The van der Waals surface area contributed by atoms with Gasteiger partial charge in [0.05, 0.1) is 12.8 Å². The van der Waals surface area contributed by atoms with E-state index in [4.69, 9.17) is 9.73 Å². The van der Waals surface area contributed by atoms with Crippen molar-refractivity contribution in [2.24, 2.45) is 4.99 Å². The van der Waals surface area contributed by atoms with Crippen LogP contribution in [0.25, 0.3) is 6.08 Å². The van der Waals surface area contributed by atoms with Crippen molar-refractivity contribution in [1.29, 1.82) is 0 Å². The third kappa shape index (κ3) is 3.83. The summed E-state index contributed by atoms with van der Waals surface area (Å²) in [6.45, 7) is 4.07. The van der Waals surface area contributed by atoms with E-state index in [1.165, 1.54) is 0 Å². The molecule has 4 heteroatoms. The molecule has 1 aliphatic heterocycles. The molecule has 1 aliphatic rings. The second-order valence-electron chi connectivity index (χ2n) is 7.08. The maximum absolute atomic E-state index is 13.3. The largest absolute Gasteiger partial charge is 0.497 e. The van der Waals surface area contributed by atoms with Gasteiger partial charge >= 0.3 is 0 Å². The van der Waals surface area contributed by atoms with E-state index in [0.29, 0.717) is 11.5 Å². The Morgan fingerprint density at radius 2 is 1.41 bits per heavy atom. The number of rotatable bonds is 4. The Labute approximate surface area is 170 Å². The predicted molar refractivity (Wildman–Crippen MR) is 117 cm³/mol. The van der Waals surface area contributed by atoms with Gasteiger partial charge in [-0.3, -0.25) is 9.69 Å². The zero-order valence-corrected chi connectivity index (χ0v) is 16.7. The van der Waals surface area contributed by atoms with Crippen LogP contribution in [0.2, 0.25) is 0 Å². The van der Waals surface area contributed by atoms with E-state index in [9.17, 15) is 4.79 Å². The number of nitrogens with zero attached hydrogens (tertiary/aromatic N) is 2. The van der Waals surface area contributed by atoms with Gasteiger partial charge in [-0.1, -0.05) is 59.7 Å². The maximum atomic E-state index is 13.3. The molecule has 0 radical (unpaired) electrons. The van der Waals surface area contributed by atoms with Crippen LogP contribution in [0.15, 0.2) is 83.5 Å². The van der Waals surface area contributed by atoms with Crippen molar-refractivity contribution >= 4 is 23.5 Å². The molecular weight excluding hydrogens is 360 g/mol. The van der Waals surface area contributed by atoms with Crippen molar-refractivity contribution in [3.8, 4) is 5.75 Å². The first-order valence-electron chi connectivity index (χ1n) is 9.48. The molecule has 0 aliphatic carbocycles. The lowest BCUT2D eigenvalue weighted by Gasteiger charge is -2.19. The van der Waals surface area contributed by atoms with Gasteiger partial charge in [0.1, 0.15) is 17.3 Å². The molecule has 3 aromatic rings. The van der Waals surface area contributed by atoms with Crippen LogP contribution in [0.3, 0.4) is 0 Å². The van der Waals surface area contributed by atoms with E-state index in [2.05, 4.69) is 0 Å². The summed E-state index contributed by atoms with van der Waals surface area (Å²) in [5, 5.41) is 0. The van der Waals surface area contributed by atoms with Crippen LogP contribution >= 0.6 is 0 Å². The number of aliphatic imine (C=N–C) groups is 1. The van der Waals surface area contributed by atoms with E-state index in [0.717, 1.165) is 33.7 Å². The minimum absolute atomic E-state index is 0.139. The topological polar surface area (TPSA) is 41.9 Å². The molecule has 1 heterocycles. The Morgan fingerprint density at radius 1 is 0.828 bits per heavy atom. The fraction of sp³-hybridized carbons (Fsp3) is 0.120. The van der Waals surface area contributed by atoms with Crippen molar-refractivity contribution < 1.29 is 9.53 Å². The molecule has 0 spiro atoms. The summed E-state index contributed by atoms with van der Waals surface area (Å²) >= 11 is 0. The van der Waals surface area contributed by atoms with E-state index in [1.807, 2.05) is 92.7 Å². The zero-order valence-electron chi connectivity index (χ0n) is 16.7. The van der Waals surface area contributed by atoms with Crippen molar-refractivity contribution in [2.45, 2.75) is 13.8 Å². The Kier molecular flexibility index (Phi) is 5.00. The molecule has 1 amide bonds. The smallest absolute Gasteiger partial charge is 0.282 e. The summed E-state index contributed by atoms with van der Waals surface area (Å²) < 4.78 is 5.21. The highest BCUT2D eigenvalue weighted by Gasteiger charge is 2.32. The molecule has 0 fully saturated rings. The summed E-state index contributed by atoms with van der Waals surface area (Å²) in [4.78, 5) is 19.7. The van der Waals surface area contributed by atoms with Crippen molar-refractivity contribution in [2.75, 3.05) is 12.0 Å². The lowest BCUT2D eigenvalue weighted by Crippen LogP contribution is -2.32. The van der Waals surface area contributed by atoms with Gasteiger partial charge in [0, 0.05) is 5.56 Å². The summed E-state index contributed by atoms with van der Waals surface area (Å²) in [5.74, 6) is 1.27. The highest BCUT2D eigenvalue weighted by molar-refractivity contribution is 6.33. The minimum Gasteiger partial charge on any atom is -0.497 e. The molecule has 0 N–H and O–H groups in total. The first kappa shape index (κ1) is 18.7. The monoisotopic (exact) mass is 382 g/mol. The minimum atomic E-state index is -0.139. The predicted octanol–water partition coefficient (Wildman–Crippen LogP) is 5.15. The van der Waals surface area contributed by atoms with Crippen molar-refractivity contribution in [1.82, 2.24) is 0 Å². The second-order valence-corrected chi connectivity index (χ2v) is 7.08. The number of amidine groups is 1. The van der Waals surface area contributed by atoms with E-state index < -0.39 is 0 Å². The van der Waals surface area contributed by atoms with Crippen molar-refractivity contribution in [3.05, 3.63) is 101 Å². The molecule has 0 saturated heterocycles. The molecule has 0 atom stereocenters. The highest BCUT2D eigenvalue weighted by Crippen LogP contribution is 2.28. The lowest BCUT2D eigenvalue weighted by molar-refractivity contribution is -0.113. The van der Waals surface area contributed by atoms with Gasteiger partial charge in [0.2, 0.25) is 0 Å². The van der Waals surface area contributed by atoms with Crippen LogP contribution < -0.4 is 9.64 Å². The maximum Gasteiger partial charge on any atom is 0.282 e. The number of hydrogen-bond donors (Lipinski definition) is 0. The van der Waals surface area contributed by atoms with E-state index in [1.54, 1.807) is 12.0 Å². The number of anilines is 1. The number of amides is 1. The first-order chi connectivity index (χ1) is 14.0. The van der Waals surface area contributed by atoms with Gasteiger partial charge in [-0.05, 0) is 49.8 Å². The highest BCUT2D eigenvalue weighted by atomic mass is 16.5. The third-order valence-electron chi connectivity index (χ3n) is 4.88. The molecule has 0 unspecified atom stereocenters. The normalized spacial score (nSPS) is 15.0. The number of aryl methyl sites for hydroxylation is 2. The molecule has 0 aromatic heterocycles. The number of ether oxygens (including phenoxy) is 1. The Morgan fingerprint density at radius 3 is 2.00 bits per heavy atom. The number of hydrogen-bond acceptors (Lipinski definition) is 3. The van der Waals surface area contributed by atoms with Crippen LogP contribution in [0.4, 0.5) is 5.69 Å². The van der Waals surface area contributed by atoms with Crippen molar-refractivity contribution in [3.63, 3.8) is 0 Å². The quantitative estimate of drug-likeness (QED) is 0.586. The first-order valence-corrected chi connectivity index (χ1v) is 9.48. The van der Waals surface area contributed by atoms with E-state index >= 15 is 0 Å². The fourth-order valence-electron chi connectivity index (χ4n) is 3.20. The molecule has 3 aromatic carbocycles. The molecule has 0 saturated carbocycles. The summed E-state index contributed by atoms with van der Waals surface area (Å²) in [7, 11) is 1.63. The van der Waals surface area contributed by atoms with Crippen LogP contribution in [0, 0.1) is 13.8 Å². The zero-order chi connectivity index (χ0) is 20.4. The number of carbonyl (C=O) groups excluding carboxylic acids is 1. The Bertz CT molecular complexity index is 1090. The molecular formula is C25H22N2O2. The number of methoxy groups -OCH3 is 1. The van der Waals surface area contributed by atoms with Crippen LogP contribution in [-0.4, -0.2) is 18.9 Å². The SMILES string of the molecule is COc1ccc(/C=C2/N=C(c3ccc(C)cc3)N(c3ccc(C)cc3)C2=O)cc1. The van der Waals surface area contributed by atoms with Gasteiger partial charge in [-0.25, -0.2) is 4.99 Å². The number of benzene rings is 3. The average Bonchev–Trinajstić information content (AvgIpc) is 3.06. The third-order valence-corrected chi connectivity index (χ3v) is 4.88. The van der Waals surface area contributed by atoms with Gasteiger partial charge < -0.3 is 4.74 Å². The van der Waals surface area contributed by atoms with Crippen LogP contribution in [0.1, 0.15) is 22.3 Å². The van der Waals surface area contributed by atoms with Gasteiger partial charge in [0.25, 0.3) is 5.91 Å².